The maximum atomic E-state index is 13.4. The zero-order valence-corrected chi connectivity index (χ0v) is 15.4. The number of anilines is 1. The summed E-state index contributed by atoms with van der Waals surface area (Å²) in [4.78, 5) is 21.8. The predicted octanol–water partition coefficient (Wildman–Crippen LogP) is 4.90. The third-order valence-electron chi connectivity index (χ3n) is 4.42. The van der Waals surface area contributed by atoms with Crippen LogP contribution in [0.5, 0.6) is 0 Å². The molecule has 0 aliphatic heterocycles. The van der Waals surface area contributed by atoms with Gasteiger partial charge in [-0.3, -0.25) is 4.79 Å². The molecule has 6 heteroatoms. The van der Waals surface area contributed by atoms with Crippen LogP contribution in [0.1, 0.15) is 23.7 Å². The number of aryl methyl sites for hydroxylation is 1. The fourth-order valence-corrected chi connectivity index (χ4v) is 3.18. The molecular weight excluding hydrogens is 355 g/mol. The van der Waals surface area contributed by atoms with Crippen LogP contribution in [-0.2, 0) is 6.54 Å². The molecule has 0 aliphatic rings. The predicted molar refractivity (Wildman–Crippen MR) is 108 cm³/mol. The first kappa shape index (κ1) is 17.9. The van der Waals surface area contributed by atoms with Crippen LogP contribution in [0.4, 0.5) is 10.1 Å². The number of rotatable bonds is 5. The Morgan fingerprint density at radius 2 is 1.96 bits per heavy atom. The van der Waals surface area contributed by atoms with E-state index in [1.807, 2.05) is 24.3 Å². The molecule has 0 bridgehead atoms. The molecule has 1 N–H and O–H groups in total. The van der Waals surface area contributed by atoms with Crippen LogP contribution >= 0.6 is 0 Å². The Labute approximate surface area is 161 Å². The van der Waals surface area contributed by atoms with Gasteiger partial charge >= 0.3 is 0 Å². The van der Waals surface area contributed by atoms with Crippen LogP contribution in [0.2, 0.25) is 0 Å². The zero-order chi connectivity index (χ0) is 19.5. The summed E-state index contributed by atoms with van der Waals surface area (Å²) in [5.41, 5.74) is 3.37. The van der Waals surface area contributed by atoms with Crippen LogP contribution in [0.15, 0.2) is 66.9 Å². The van der Waals surface area contributed by atoms with E-state index >= 15 is 0 Å². The number of nitrogens with one attached hydrogen (secondary N) is 1. The number of pyridine rings is 1. The Morgan fingerprint density at radius 1 is 1.11 bits per heavy atom. The number of hydrogen-bond acceptors (Lipinski definition) is 3. The van der Waals surface area contributed by atoms with E-state index in [-0.39, 0.29) is 5.91 Å². The Hall–Kier alpha value is -3.54. The van der Waals surface area contributed by atoms with Gasteiger partial charge < -0.3 is 9.88 Å². The second-order valence-corrected chi connectivity index (χ2v) is 6.48. The number of hydrogen-bond donors (Lipinski definition) is 1. The lowest BCUT2D eigenvalue weighted by Crippen LogP contribution is -2.12. The minimum atomic E-state index is -0.396. The molecule has 5 nitrogen and oxygen atoms in total. The highest BCUT2D eigenvalue weighted by atomic mass is 19.1. The number of carbonyl (C=O) groups excluding carboxylic acids is 1. The maximum absolute atomic E-state index is 13.4. The average Bonchev–Trinajstić information content (AvgIpc) is 3.07. The molecule has 0 unspecified atom stereocenters. The molecule has 0 aliphatic carbocycles. The van der Waals surface area contributed by atoms with Crippen molar-refractivity contribution < 1.29 is 9.18 Å². The molecule has 4 aromatic rings. The van der Waals surface area contributed by atoms with Gasteiger partial charge in [-0.2, -0.15) is 0 Å². The molecule has 0 atom stereocenters. The summed E-state index contributed by atoms with van der Waals surface area (Å²) in [7, 11) is 0. The van der Waals surface area contributed by atoms with Gasteiger partial charge in [-0.15, -0.1) is 0 Å². The number of imidazole rings is 1. The Kier molecular flexibility index (Phi) is 4.85. The monoisotopic (exact) mass is 374 g/mol. The molecule has 2 aromatic carbocycles. The number of aromatic nitrogens is 3. The summed E-state index contributed by atoms with van der Waals surface area (Å²) in [6.07, 6.45) is 2.69. The second-order valence-electron chi connectivity index (χ2n) is 6.48. The standard InChI is InChI=1S/C22H19FN4O/c1-2-12-27-20(26-19-10-5-11-24-21(19)27)15-6-3-7-16(13-15)22(28)25-18-9-4-8-17(23)14-18/h3-11,13-14H,2,12H2,1H3,(H,25,28). The normalized spacial score (nSPS) is 10.9. The summed E-state index contributed by atoms with van der Waals surface area (Å²) >= 11 is 0. The Morgan fingerprint density at radius 3 is 2.79 bits per heavy atom. The van der Waals surface area contributed by atoms with Gasteiger partial charge in [-0.1, -0.05) is 25.1 Å². The lowest BCUT2D eigenvalue weighted by Gasteiger charge is -2.09. The SMILES string of the molecule is CCCn1c(-c2cccc(C(=O)Nc3cccc(F)c3)c2)nc2cccnc21. The minimum Gasteiger partial charge on any atom is -0.322 e. The molecule has 1 amide bonds. The molecule has 0 saturated heterocycles. The molecule has 28 heavy (non-hydrogen) atoms. The summed E-state index contributed by atoms with van der Waals surface area (Å²) in [6, 6.07) is 16.9. The molecule has 0 spiro atoms. The number of amides is 1. The molecule has 140 valence electrons. The van der Waals surface area contributed by atoms with E-state index in [0.29, 0.717) is 11.3 Å². The van der Waals surface area contributed by atoms with E-state index in [1.54, 1.807) is 30.5 Å². The quantitative estimate of drug-likeness (QED) is 0.540. The fourth-order valence-electron chi connectivity index (χ4n) is 3.18. The van der Waals surface area contributed by atoms with Crippen molar-refractivity contribution in [3.8, 4) is 11.4 Å². The lowest BCUT2D eigenvalue weighted by molar-refractivity contribution is 0.102. The molecule has 4 rings (SSSR count). The summed E-state index contributed by atoms with van der Waals surface area (Å²) in [5, 5.41) is 2.73. The van der Waals surface area contributed by atoms with Crippen molar-refractivity contribution in [2.75, 3.05) is 5.32 Å². The van der Waals surface area contributed by atoms with Crippen molar-refractivity contribution in [2.24, 2.45) is 0 Å². The number of benzene rings is 2. The highest BCUT2D eigenvalue weighted by molar-refractivity contribution is 6.04. The van der Waals surface area contributed by atoms with E-state index < -0.39 is 5.82 Å². The first-order chi connectivity index (χ1) is 13.7. The highest BCUT2D eigenvalue weighted by Crippen LogP contribution is 2.25. The van der Waals surface area contributed by atoms with Crippen molar-refractivity contribution in [1.82, 2.24) is 14.5 Å². The van der Waals surface area contributed by atoms with E-state index in [9.17, 15) is 9.18 Å². The first-order valence-electron chi connectivity index (χ1n) is 9.14. The number of fused-ring (bicyclic) bond motifs is 1. The van der Waals surface area contributed by atoms with E-state index in [2.05, 4.69) is 21.8 Å². The van der Waals surface area contributed by atoms with Crippen LogP contribution in [0.3, 0.4) is 0 Å². The van der Waals surface area contributed by atoms with Crippen molar-refractivity contribution in [1.29, 1.82) is 0 Å². The second kappa shape index (κ2) is 7.60. The minimum absolute atomic E-state index is 0.302. The van der Waals surface area contributed by atoms with Crippen LogP contribution in [0.25, 0.3) is 22.6 Å². The molecule has 2 heterocycles. The first-order valence-corrected chi connectivity index (χ1v) is 9.14. The van der Waals surface area contributed by atoms with Crippen LogP contribution in [0, 0.1) is 5.82 Å². The highest BCUT2D eigenvalue weighted by Gasteiger charge is 2.15. The Bertz CT molecular complexity index is 1150. The van der Waals surface area contributed by atoms with Crippen molar-refractivity contribution in [3.05, 3.63) is 78.2 Å². The topological polar surface area (TPSA) is 59.8 Å². The van der Waals surface area contributed by atoms with Gasteiger partial charge in [0.2, 0.25) is 0 Å². The van der Waals surface area contributed by atoms with Gasteiger partial charge in [0.25, 0.3) is 5.91 Å². The third kappa shape index (κ3) is 3.49. The van der Waals surface area contributed by atoms with Gasteiger partial charge in [0.1, 0.15) is 17.2 Å². The van der Waals surface area contributed by atoms with Crippen molar-refractivity contribution in [3.63, 3.8) is 0 Å². The number of nitrogens with zero attached hydrogens (tertiary/aromatic N) is 3. The lowest BCUT2D eigenvalue weighted by atomic mass is 10.1. The Balaban J connectivity index is 1.70. The number of halogens is 1. The average molecular weight is 374 g/mol. The van der Waals surface area contributed by atoms with Gasteiger partial charge in [-0.25, -0.2) is 14.4 Å². The summed E-state index contributed by atoms with van der Waals surface area (Å²) in [6.45, 7) is 2.88. The van der Waals surface area contributed by atoms with Crippen molar-refractivity contribution >= 4 is 22.8 Å². The molecule has 0 saturated carbocycles. The third-order valence-corrected chi connectivity index (χ3v) is 4.42. The molecular formula is C22H19FN4O. The van der Waals surface area contributed by atoms with E-state index in [1.165, 1.54) is 12.1 Å². The molecule has 0 radical (unpaired) electrons. The van der Waals surface area contributed by atoms with E-state index in [0.717, 1.165) is 35.5 Å². The van der Waals surface area contributed by atoms with Crippen molar-refractivity contribution in [2.45, 2.75) is 19.9 Å². The molecule has 0 fully saturated rings. The molecule has 2 aromatic heterocycles. The largest absolute Gasteiger partial charge is 0.322 e. The van der Waals surface area contributed by atoms with Gasteiger partial charge in [0, 0.05) is 29.6 Å². The van der Waals surface area contributed by atoms with Gasteiger partial charge in [-0.05, 0) is 48.9 Å². The van der Waals surface area contributed by atoms with Crippen LogP contribution in [-0.4, -0.2) is 20.4 Å². The maximum Gasteiger partial charge on any atom is 0.255 e. The fraction of sp³-hybridized carbons (Fsp3) is 0.136. The summed E-state index contributed by atoms with van der Waals surface area (Å²) < 4.78 is 15.4. The zero-order valence-electron chi connectivity index (χ0n) is 15.4. The van der Waals surface area contributed by atoms with Crippen LogP contribution < -0.4 is 5.32 Å². The summed E-state index contributed by atoms with van der Waals surface area (Å²) in [5.74, 6) is 0.0759. The smallest absolute Gasteiger partial charge is 0.255 e. The van der Waals surface area contributed by atoms with Gasteiger partial charge in [0.15, 0.2) is 5.65 Å². The van der Waals surface area contributed by atoms with E-state index in [4.69, 9.17) is 4.98 Å². The van der Waals surface area contributed by atoms with Gasteiger partial charge in [0.05, 0.1) is 0 Å². The number of carbonyl (C=O) groups is 1.